The summed E-state index contributed by atoms with van der Waals surface area (Å²) < 4.78 is 0. The van der Waals surface area contributed by atoms with Crippen molar-refractivity contribution < 1.29 is 4.70 Å². The first kappa shape index (κ1) is 11.0. The van der Waals surface area contributed by atoms with Crippen molar-refractivity contribution in [3.05, 3.63) is 60.2 Å². The molecule has 0 saturated carbocycles. The smallest absolute Gasteiger partial charge is 0.0243 e. The molecule has 2 aromatic carbocycles. The van der Waals surface area contributed by atoms with E-state index in [1.165, 1.54) is 11.1 Å². The van der Waals surface area contributed by atoms with Gasteiger partial charge in [0.15, 0.2) is 0 Å². The lowest BCUT2D eigenvalue weighted by atomic mass is 10.0. The van der Waals surface area contributed by atoms with Crippen LogP contribution in [0.3, 0.4) is 0 Å². The van der Waals surface area contributed by atoms with Crippen LogP contribution >= 0.6 is 0 Å². The number of halogens is 1. The minimum Gasteiger partial charge on any atom is -0.269 e. The fourth-order valence-corrected chi connectivity index (χ4v) is 1.39. The standard InChI is InChI=1S/C14H10.FH/c1-2-12-8-10-14(11-9-12)13-6-4-3-5-7-13;/h1,3-11H;1H. The summed E-state index contributed by atoms with van der Waals surface area (Å²) in [7, 11) is 0. The Morgan fingerprint density at radius 1 is 0.733 bits per heavy atom. The second-order valence-corrected chi connectivity index (χ2v) is 3.09. The van der Waals surface area contributed by atoms with Gasteiger partial charge in [-0.25, -0.2) is 0 Å². The van der Waals surface area contributed by atoms with E-state index >= 15 is 0 Å². The first-order valence-corrected chi connectivity index (χ1v) is 4.52. The van der Waals surface area contributed by atoms with Gasteiger partial charge in [0, 0.05) is 5.56 Å². The molecule has 0 nitrogen and oxygen atoms in total. The second kappa shape index (κ2) is 4.97. The summed E-state index contributed by atoms with van der Waals surface area (Å²) in [6.45, 7) is 0. The molecular formula is C14H11F. The van der Waals surface area contributed by atoms with E-state index in [4.69, 9.17) is 6.42 Å². The van der Waals surface area contributed by atoms with Crippen LogP contribution in [-0.2, 0) is 0 Å². The zero-order valence-electron chi connectivity index (χ0n) is 8.18. The zero-order chi connectivity index (χ0) is 9.80. The molecule has 0 unspecified atom stereocenters. The maximum atomic E-state index is 5.29. The van der Waals surface area contributed by atoms with Crippen LogP contribution in [-0.4, -0.2) is 0 Å². The molecule has 74 valence electrons. The summed E-state index contributed by atoms with van der Waals surface area (Å²) in [5.74, 6) is 2.61. The van der Waals surface area contributed by atoms with E-state index in [1.54, 1.807) is 0 Å². The van der Waals surface area contributed by atoms with Gasteiger partial charge in [0.05, 0.1) is 0 Å². The minimum atomic E-state index is 0. The molecule has 0 amide bonds. The van der Waals surface area contributed by atoms with Crippen molar-refractivity contribution in [1.29, 1.82) is 0 Å². The molecule has 0 radical (unpaired) electrons. The van der Waals surface area contributed by atoms with Gasteiger partial charge in [-0.1, -0.05) is 48.4 Å². The van der Waals surface area contributed by atoms with Crippen molar-refractivity contribution in [3.63, 3.8) is 0 Å². The Bertz CT molecular complexity index is 449. The van der Waals surface area contributed by atoms with E-state index in [2.05, 4.69) is 18.1 Å². The van der Waals surface area contributed by atoms with Crippen LogP contribution in [0.2, 0.25) is 0 Å². The Labute approximate surface area is 88.9 Å². The van der Waals surface area contributed by atoms with E-state index < -0.39 is 0 Å². The van der Waals surface area contributed by atoms with Gasteiger partial charge < -0.3 is 0 Å². The third-order valence-corrected chi connectivity index (χ3v) is 2.16. The first-order valence-electron chi connectivity index (χ1n) is 4.52. The maximum Gasteiger partial charge on any atom is 0.0243 e. The third-order valence-electron chi connectivity index (χ3n) is 2.16. The number of benzene rings is 2. The molecule has 0 fully saturated rings. The van der Waals surface area contributed by atoms with Crippen LogP contribution in [0.4, 0.5) is 4.70 Å². The molecule has 0 saturated heterocycles. The fourth-order valence-electron chi connectivity index (χ4n) is 1.39. The molecule has 0 aliphatic heterocycles. The summed E-state index contributed by atoms with van der Waals surface area (Å²) in [5, 5.41) is 0. The molecule has 1 heteroatoms. The summed E-state index contributed by atoms with van der Waals surface area (Å²) in [6.07, 6.45) is 5.29. The SMILES string of the molecule is C#Cc1ccc(-c2ccccc2)cc1.F. The summed E-state index contributed by atoms with van der Waals surface area (Å²) in [6, 6.07) is 18.3. The number of rotatable bonds is 1. The average molecular weight is 198 g/mol. The quantitative estimate of drug-likeness (QED) is 0.615. The van der Waals surface area contributed by atoms with Crippen LogP contribution in [0, 0.1) is 12.3 Å². The lowest BCUT2D eigenvalue weighted by Gasteiger charge is -2.00. The number of hydrogen-bond acceptors (Lipinski definition) is 0. The molecular weight excluding hydrogens is 187 g/mol. The van der Waals surface area contributed by atoms with E-state index in [-0.39, 0.29) is 4.70 Å². The molecule has 0 heterocycles. The van der Waals surface area contributed by atoms with Gasteiger partial charge in [-0.15, -0.1) is 6.42 Å². The molecule has 15 heavy (non-hydrogen) atoms. The highest BCUT2D eigenvalue weighted by Crippen LogP contribution is 2.18. The monoisotopic (exact) mass is 198 g/mol. The molecule has 0 spiro atoms. The van der Waals surface area contributed by atoms with Gasteiger partial charge >= 0.3 is 0 Å². The molecule has 0 aromatic heterocycles. The van der Waals surface area contributed by atoms with Crippen LogP contribution in [0.1, 0.15) is 5.56 Å². The van der Waals surface area contributed by atoms with E-state index in [1.807, 2.05) is 42.5 Å². The molecule has 0 aliphatic rings. The molecule has 0 N–H and O–H groups in total. The van der Waals surface area contributed by atoms with Gasteiger partial charge in [0.1, 0.15) is 0 Å². The Kier molecular flexibility index (Phi) is 3.65. The minimum absolute atomic E-state index is 0. The molecule has 0 aliphatic carbocycles. The van der Waals surface area contributed by atoms with E-state index in [9.17, 15) is 0 Å². The first-order chi connectivity index (χ1) is 6.90. The third kappa shape index (κ3) is 2.45. The second-order valence-electron chi connectivity index (χ2n) is 3.09. The number of terminal acetylenes is 1. The largest absolute Gasteiger partial charge is 0.269 e. The highest BCUT2D eigenvalue weighted by atomic mass is 19.0. The molecule has 0 bridgehead atoms. The van der Waals surface area contributed by atoms with Gasteiger partial charge in [0.25, 0.3) is 0 Å². The van der Waals surface area contributed by atoms with E-state index in [0.29, 0.717) is 0 Å². The Morgan fingerprint density at radius 3 is 1.80 bits per heavy atom. The van der Waals surface area contributed by atoms with Crippen molar-refractivity contribution in [3.8, 4) is 23.5 Å². The van der Waals surface area contributed by atoms with Crippen LogP contribution in [0.15, 0.2) is 54.6 Å². The summed E-state index contributed by atoms with van der Waals surface area (Å²) in [5.41, 5.74) is 3.34. The predicted molar refractivity (Wildman–Crippen MR) is 62.3 cm³/mol. The van der Waals surface area contributed by atoms with Crippen molar-refractivity contribution in [1.82, 2.24) is 0 Å². The molecule has 2 rings (SSSR count). The van der Waals surface area contributed by atoms with Crippen LogP contribution in [0.25, 0.3) is 11.1 Å². The lowest BCUT2D eigenvalue weighted by Crippen LogP contribution is -1.77. The average Bonchev–Trinajstić information content (AvgIpc) is 2.30. The van der Waals surface area contributed by atoms with Crippen molar-refractivity contribution in [2.45, 2.75) is 0 Å². The maximum absolute atomic E-state index is 5.29. The fraction of sp³-hybridized carbons (Fsp3) is 0. The highest BCUT2D eigenvalue weighted by molar-refractivity contribution is 5.64. The van der Waals surface area contributed by atoms with Crippen molar-refractivity contribution >= 4 is 0 Å². The van der Waals surface area contributed by atoms with Crippen molar-refractivity contribution in [2.75, 3.05) is 0 Å². The van der Waals surface area contributed by atoms with E-state index in [0.717, 1.165) is 5.56 Å². The highest BCUT2D eigenvalue weighted by Gasteiger charge is 1.94. The van der Waals surface area contributed by atoms with Crippen LogP contribution in [0.5, 0.6) is 0 Å². The summed E-state index contributed by atoms with van der Waals surface area (Å²) in [4.78, 5) is 0. The Morgan fingerprint density at radius 2 is 1.27 bits per heavy atom. The van der Waals surface area contributed by atoms with Crippen LogP contribution < -0.4 is 0 Å². The Balaban J connectivity index is 0.00000112. The van der Waals surface area contributed by atoms with Gasteiger partial charge in [-0.2, -0.15) is 0 Å². The van der Waals surface area contributed by atoms with Gasteiger partial charge in [0.2, 0.25) is 0 Å². The molecule has 0 atom stereocenters. The van der Waals surface area contributed by atoms with Crippen molar-refractivity contribution in [2.24, 2.45) is 0 Å². The normalized spacial score (nSPS) is 8.73. The predicted octanol–water partition coefficient (Wildman–Crippen LogP) is 3.49. The molecule has 2 aromatic rings. The topological polar surface area (TPSA) is 0 Å². The number of hydrogen-bond donors (Lipinski definition) is 0. The Hall–Kier alpha value is -2.07. The van der Waals surface area contributed by atoms with Gasteiger partial charge in [-0.3, -0.25) is 4.70 Å². The zero-order valence-corrected chi connectivity index (χ0v) is 8.18. The van der Waals surface area contributed by atoms with Gasteiger partial charge in [-0.05, 0) is 23.3 Å². The summed E-state index contributed by atoms with van der Waals surface area (Å²) >= 11 is 0. The lowest BCUT2D eigenvalue weighted by molar-refractivity contribution is 1.11.